The highest BCUT2D eigenvalue weighted by atomic mass is 19.1. The Kier molecular flexibility index (Phi) is 4.59. The Morgan fingerprint density at radius 1 is 1.46 bits per heavy atom. The van der Waals surface area contributed by atoms with Gasteiger partial charge in [-0.2, -0.15) is 0 Å². The van der Waals surface area contributed by atoms with Crippen molar-refractivity contribution in [3.8, 4) is 0 Å². The van der Waals surface area contributed by atoms with E-state index in [1.54, 1.807) is 6.07 Å². The highest BCUT2D eigenvalue weighted by molar-refractivity contribution is 5.83. The number of aromatic nitrogens is 2. The van der Waals surface area contributed by atoms with Crippen LogP contribution in [0.3, 0.4) is 0 Å². The van der Waals surface area contributed by atoms with Crippen LogP contribution in [0.5, 0.6) is 0 Å². The fourth-order valence-corrected chi connectivity index (χ4v) is 2.85. The molecule has 1 fully saturated rings. The standard InChI is InChI=1S/C17H18FN3O3/c18-13-6-4-11(9-14(13)21-17(23)24)12(5-3-10-1-2-10)15-16(22)20-8-7-19-15/h4,6-10,12,21H,1-3,5H2,(H,20,22)(H,23,24). The lowest BCUT2D eigenvalue weighted by atomic mass is 9.90. The molecule has 0 radical (unpaired) electrons. The summed E-state index contributed by atoms with van der Waals surface area (Å²) in [7, 11) is 0. The monoisotopic (exact) mass is 331 g/mol. The van der Waals surface area contributed by atoms with E-state index >= 15 is 0 Å². The third-order valence-electron chi connectivity index (χ3n) is 4.26. The minimum atomic E-state index is -1.34. The number of amides is 1. The van der Waals surface area contributed by atoms with Gasteiger partial charge in [0.2, 0.25) is 0 Å². The van der Waals surface area contributed by atoms with Crippen molar-refractivity contribution >= 4 is 11.8 Å². The molecule has 0 bridgehead atoms. The Hall–Kier alpha value is -2.70. The molecule has 1 amide bonds. The molecule has 3 rings (SSSR count). The van der Waals surface area contributed by atoms with E-state index in [4.69, 9.17) is 5.11 Å². The Morgan fingerprint density at radius 2 is 2.25 bits per heavy atom. The molecule has 2 aromatic rings. The van der Waals surface area contributed by atoms with Crippen LogP contribution in [0.15, 0.2) is 35.4 Å². The summed E-state index contributed by atoms with van der Waals surface area (Å²) < 4.78 is 13.8. The Morgan fingerprint density at radius 3 is 2.92 bits per heavy atom. The largest absolute Gasteiger partial charge is 0.465 e. The quantitative estimate of drug-likeness (QED) is 0.756. The van der Waals surface area contributed by atoms with Crippen LogP contribution in [0.2, 0.25) is 0 Å². The molecule has 0 saturated heterocycles. The van der Waals surface area contributed by atoms with Crippen LogP contribution in [-0.4, -0.2) is 21.2 Å². The summed E-state index contributed by atoms with van der Waals surface area (Å²) in [5.74, 6) is -0.283. The molecular formula is C17H18FN3O3. The summed E-state index contributed by atoms with van der Waals surface area (Å²) in [5, 5.41) is 10.9. The zero-order valence-corrected chi connectivity index (χ0v) is 13.0. The van der Waals surface area contributed by atoms with Gasteiger partial charge < -0.3 is 10.1 Å². The number of hydrogen-bond acceptors (Lipinski definition) is 3. The molecule has 1 unspecified atom stereocenters. The lowest BCUT2D eigenvalue weighted by molar-refractivity contribution is 0.209. The van der Waals surface area contributed by atoms with E-state index in [1.165, 1.54) is 37.4 Å². The van der Waals surface area contributed by atoms with Crippen LogP contribution in [0.25, 0.3) is 0 Å². The molecule has 1 atom stereocenters. The first-order valence-corrected chi connectivity index (χ1v) is 7.87. The van der Waals surface area contributed by atoms with Gasteiger partial charge in [0.25, 0.3) is 5.56 Å². The van der Waals surface area contributed by atoms with Crippen LogP contribution < -0.4 is 10.9 Å². The summed E-state index contributed by atoms with van der Waals surface area (Å²) in [5.41, 5.74) is 0.634. The summed E-state index contributed by atoms with van der Waals surface area (Å²) in [6.45, 7) is 0. The summed E-state index contributed by atoms with van der Waals surface area (Å²) in [6, 6.07) is 4.23. The number of hydrogen-bond donors (Lipinski definition) is 3. The lowest BCUT2D eigenvalue weighted by Gasteiger charge is -2.17. The number of carbonyl (C=O) groups is 1. The van der Waals surface area contributed by atoms with Crippen LogP contribution in [0.4, 0.5) is 14.9 Å². The Balaban J connectivity index is 1.96. The van der Waals surface area contributed by atoms with Crippen LogP contribution >= 0.6 is 0 Å². The second-order valence-corrected chi connectivity index (χ2v) is 6.05. The van der Waals surface area contributed by atoms with Gasteiger partial charge in [0, 0.05) is 18.3 Å². The Bertz CT molecular complexity index is 802. The molecule has 1 aliphatic rings. The topological polar surface area (TPSA) is 95.1 Å². The minimum absolute atomic E-state index is 0.121. The van der Waals surface area contributed by atoms with E-state index in [9.17, 15) is 14.0 Å². The fourth-order valence-electron chi connectivity index (χ4n) is 2.85. The predicted molar refractivity (Wildman–Crippen MR) is 86.7 cm³/mol. The molecule has 0 spiro atoms. The van der Waals surface area contributed by atoms with Crippen molar-refractivity contribution in [3.63, 3.8) is 0 Å². The molecule has 6 nitrogen and oxygen atoms in total. The van der Waals surface area contributed by atoms with Crippen LogP contribution in [0, 0.1) is 11.7 Å². The molecule has 1 aliphatic carbocycles. The van der Waals surface area contributed by atoms with Crippen molar-refractivity contribution in [2.24, 2.45) is 5.92 Å². The smallest absolute Gasteiger partial charge is 0.409 e. The van der Waals surface area contributed by atoms with Gasteiger partial charge in [-0.3, -0.25) is 15.1 Å². The van der Waals surface area contributed by atoms with E-state index in [0.717, 1.165) is 6.42 Å². The third-order valence-corrected chi connectivity index (χ3v) is 4.26. The molecule has 1 saturated carbocycles. The fraction of sp³-hybridized carbons (Fsp3) is 0.353. The van der Waals surface area contributed by atoms with E-state index in [2.05, 4.69) is 9.97 Å². The zero-order valence-electron chi connectivity index (χ0n) is 13.0. The number of benzene rings is 1. The first kappa shape index (κ1) is 16.2. The second kappa shape index (κ2) is 6.82. The van der Waals surface area contributed by atoms with E-state index in [-0.39, 0.29) is 17.2 Å². The van der Waals surface area contributed by atoms with E-state index in [1.807, 2.05) is 5.32 Å². The molecule has 1 aromatic heterocycles. The molecule has 1 heterocycles. The number of nitrogens with one attached hydrogen (secondary N) is 2. The van der Waals surface area contributed by atoms with Crippen molar-refractivity contribution < 1.29 is 14.3 Å². The number of rotatable bonds is 6. The van der Waals surface area contributed by atoms with Crippen LogP contribution in [0.1, 0.15) is 42.9 Å². The predicted octanol–water partition coefficient (Wildman–Crippen LogP) is 3.32. The van der Waals surface area contributed by atoms with Gasteiger partial charge in [-0.1, -0.05) is 18.9 Å². The molecular weight excluding hydrogens is 313 g/mol. The van der Waals surface area contributed by atoms with Crippen molar-refractivity contribution in [1.82, 2.24) is 9.97 Å². The molecule has 7 heteroatoms. The highest BCUT2D eigenvalue weighted by Gasteiger charge is 2.26. The molecule has 0 aliphatic heterocycles. The molecule has 3 N–H and O–H groups in total. The number of carboxylic acid groups (broad SMARTS) is 1. The highest BCUT2D eigenvalue weighted by Crippen LogP contribution is 2.38. The third kappa shape index (κ3) is 3.79. The number of nitrogens with zero attached hydrogens (tertiary/aromatic N) is 1. The molecule has 24 heavy (non-hydrogen) atoms. The van der Waals surface area contributed by atoms with E-state index in [0.29, 0.717) is 23.6 Å². The number of H-pyrrole nitrogens is 1. The number of aromatic amines is 1. The lowest BCUT2D eigenvalue weighted by Crippen LogP contribution is -2.19. The average Bonchev–Trinajstić information content (AvgIpc) is 3.36. The van der Waals surface area contributed by atoms with Gasteiger partial charge in [0.1, 0.15) is 11.5 Å². The van der Waals surface area contributed by atoms with Crippen molar-refractivity contribution in [2.45, 2.75) is 31.6 Å². The minimum Gasteiger partial charge on any atom is -0.465 e. The van der Waals surface area contributed by atoms with Crippen molar-refractivity contribution in [1.29, 1.82) is 0 Å². The average molecular weight is 331 g/mol. The first-order valence-electron chi connectivity index (χ1n) is 7.87. The summed E-state index contributed by atoms with van der Waals surface area (Å²) in [4.78, 5) is 29.7. The second-order valence-electron chi connectivity index (χ2n) is 6.05. The van der Waals surface area contributed by atoms with Crippen molar-refractivity contribution in [2.75, 3.05) is 5.32 Å². The maximum atomic E-state index is 13.8. The maximum absolute atomic E-state index is 13.8. The normalized spacial score (nSPS) is 15.0. The number of anilines is 1. The maximum Gasteiger partial charge on any atom is 0.409 e. The van der Waals surface area contributed by atoms with Gasteiger partial charge in [-0.15, -0.1) is 0 Å². The molecule has 126 valence electrons. The first-order chi connectivity index (χ1) is 11.5. The zero-order chi connectivity index (χ0) is 17.1. The van der Waals surface area contributed by atoms with Crippen LogP contribution in [-0.2, 0) is 0 Å². The van der Waals surface area contributed by atoms with Gasteiger partial charge >= 0.3 is 6.09 Å². The van der Waals surface area contributed by atoms with E-state index < -0.39 is 11.9 Å². The number of halogens is 1. The van der Waals surface area contributed by atoms with Gasteiger partial charge in [0.05, 0.1) is 5.69 Å². The molecule has 1 aromatic carbocycles. The Labute approximate surface area is 137 Å². The van der Waals surface area contributed by atoms with Gasteiger partial charge in [-0.05, 0) is 36.5 Å². The SMILES string of the molecule is O=C(O)Nc1cc(C(CCC2CC2)c2ncc[nH]c2=O)ccc1F. The van der Waals surface area contributed by atoms with Gasteiger partial charge in [0.15, 0.2) is 0 Å². The van der Waals surface area contributed by atoms with Gasteiger partial charge in [-0.25, -0.2) is 9.18 Å². The van der Waals surface area contributed by atoms with Crippen molar-refractivity contribution in [3.05, 3.63) is 58.0 Å². The summed E-state index contributed by atoms with van der Waals surface area (Å²) in [6.07, 6.45) is 5.70. The summed E-state index contributed by atoms with van der Waals surface area (Å²) >= 11 is 0.